The number of hydrogen-bond acceptors (Lipinski definition) is 2. The van der Waals surface area contributed by atoms with E-state index in [0.29, 0.717) is 20.1 Å². The largest absolute Gasteiger partial charge is 0.416 e. The third kappa shape index (κ3) is 3.79. The summed E-state index contributed by atoms with van der Waals surface area (Å²) in [7, 11) is 0. The van der Waals surface area contributed by atoms with Crippen molar-refractivity contribution in [2.24, 2.45) is 0 Å². The van der Waals surface area contributed by atoms with Gasteiger partial charge in [0.05, 0.1) is 9.13 Å². The molecule has 0 fully saturated rings. The van der Waals surface area contributed by atoms with Crippen LogP contribution in [0.1, 0.15) is 17.0 Å². The highest BCUT2D eigenvalue weighted by molar-refractivity contribution is 14.1. The van der Waals surface area contributed by atoms with Crippen LogP contribution in [0.2, 0.25) is 5.15 Å². The third-order valence-electron chi connectivity index (χ3n) is 2.37. The average molecular weight is 399 g/mol. The van der Waals surface area contributed by atoms with E-state index in [-0.39, 0.29) is 6.42 Å². The van der Waals surface area contributed by atoms with E-state index in [1.807, 2.05) is 22.6 Å². The molecule has 0 saturated carbocycles. The Bertz CT molecular complexity index is 602. The number of nitrogens with zero attached hydrogens (tertiary/aromatic N) is 2. The molecule has 0 bridgehead atoms. The van der Waals surface area contributed by atoms with E-state index in [4.69, 9.17) is 11.6 Å². The molecule has 0 unspecified atom stereocenters. The molecule has 0 radical (unpaired) electrons. The summed E-state index contributed by atoms with van der Waals surface area (Å²) in [6.07, 6.45) is -2.60. The predicted octanol–water partition coefficient (Wildman–Crippen LogP) is 4.34. The lowest BCUT2D eigenvalue weighted by Crippen LogP contribution is -2.06. The Hall–Kier alpha value is -0.890. The van der Waals surface area contributed by atoms with Crippen LogP contribution >= 0.6 is 34.2 Å². The van der Waals surface area contributed by atoms with Crippen LogP contribution in [0, 0.1) is 3.57 Å². The average Bonchev–Trinajstić information content (AvgIpc) is 2.33. The molecular formula is C12H7ClF3IN2. The fourth-order valence-corrected chi connectivity index (χ4v) is 1.91. The number of alkyl halides is 3. The first-order chi connectivity index (χ1) is 8.86. The lowest BCUT2D eigenvalue weighted by molar-refractivity contribution is -0.137. The van der Waals surface area contributed by atoms with Crippen molar-refractivity contribution in [3.8, 4) is 0 Å². The molecular weight excluding hydrogens is 391 g/mol. The van der Waals surface area contributed by atoms with E-state index < -0.39 is 11.7 Å². The summed E-state index contributed by atoms with van der Waals surface area (Å²) in [5.74, 6) is 0.393. The van der Waals surface area contributed by atoms with Crippen LogP contribution in [0.3, 0.4) is 0 Å². The van der Waals surface area contributed by atoms with Gasteiger partial charge in [0.25, 0.3) is 0 Å². The summed E-state index contributed by atoms with van der Waals surface area (Å²) in [6.45, 7) is 0. The van der Waals surface area contributed by atoms with Crippen LogP contribution in [0.25, 0.3) is 0 Å². The van der Waals surface area contributed by atoms with Gasteiger partial charge < -0.3 is 0 Å². The molecule has 0 aliphatic heterocycles. The molecule has 2 nitrogen and oxygen atoms in total. The summed E-state index contributed by atoms with van der Waals surface area (Å²) in [5, 5.41) is 0.303. The first-order valence-corrected chi connectivity index (χ1v) is 6.65. The summed E-state index contributed by atoms with van der Waals surface area (Å²) >= 11 is 7.83. The minimum atomic E-state index is -4.35. The Kier molecular flexibility index (Phi) is 4.29. The van der Waals surface area contributed by atoms with Crippen molar-refractivity contribution in [2.75, 3.05) is 0 Å². The predicted molar refractivity (Wildman–Crippen MR) is 74.0 cm³/mol. The van der Waals surface area contributed by atoms with Gasteiger partial charge in [-0.1, -0.05) is 29.8 Å². The highest BCUT2D eigenvalue weighted by Crippen LogP contribution is 2.29. The lowest BCUT2D eigenvalue weighted by Gasteiger charge is -2.08. The molecule has 1 aromatic heterocycles. The van der Waals surface area contributed by atoms with E-state index in [1.165, 1.54) is 6.07 Å². The zero-order chi connectivity index (χ0) is 14.0. The number of rotatable bonds is 2. The van der Waals surface area contributed by atoms with Gasteiger partial charge in [-0.15, -0.1) is 0 Å². The van der Waals surface area contributed by atoms with E-state index >= 15 is 0 Å². The standard InChI is InChI=1S/C12H7ClF3IN2/c13-11-9(17)6-18-10(19-11)5-7-2-1-3-8(4-7)12(14,15)16/h1-4,6H,5H2. The van der Waals surface area contributed by atoms with Crippen molar-refractivity contribution in [3.63, 3.8) is 0 Å². The number of hydrogen-bond donors (Lipinski definition) is 0. The van der Waals surface area contributed by atoms with Crippen molar-refractivity contribution in [1.29, 1.82) is 0 Å². The topological polar surface area (TPSA) is 25.8 Å². The van der Waals surface area contributed by atoms with Crippen LogP contribution < -0.4 is 0 Å². The summed E-state index contributed by atoms with van der Waals surface area (Å²) < 4.78 is 38.4. The SMILES string of the molecule is FC(F)(F)c1cccc(Cc2ncc(I)c(Cl)n2)c1. The fourth-order valence-electron chi connectivity index (χ4n) is 1.51. The van der Waals surface area contributed by atoms with E-state index in [2.05, 4.69) is 9.97 Å². The molecule has 2 aromatic rings. The van der Waals surface area contributed by atoms with Gasteiger partial charge in [0.2, 0.25) is 0 Å². The van der Waals surface area contributed by atoms with Crippen LogP contribution in [0.4, 0.5) is 13.2 Å². The van der Waals surface area contributed by atoms with Gasteiger partial charge in [-0.05, 0) is 34.2 Å². The van der Waals surface area contributed by atoms with Gasteiger partial charge in [-0.2, -0.15) is 13.2 Å². The Balaban J connectivity index is 2.26. The van der Waals surface area contributed by atoms with Crippen LogP contribution in [-0.2, 0) is 12.6 Å². The summed E-state index contributed by atoms with van der Waals surface area (Å²) in [6, 6.07) is 5.09. The van der Waals surface area contributed by atoms with Crippen molar-refractivity contribution in [2.45, 2.75) is 12.6 Å². The number of aromatic nitrogens is 2. The molecule has 0 aliphatic carbocycles. The molecule has 1 aromatic carbocycles. The molecule has 100 valence electrons. The van der Waals surface area contributed by atoms with Crippen LogP contribution in [0.5, 0.6) is 0 Å². The molecule has 0 spiro atoms. The van der Waals surface area contributed by atoms with Crippen molar-refractivity contribution < 1.29 is 13.2 Å². The maximum atomic E-state index is 12.6. The zero-order valence-electron chi connectivity index (χ0n) is 9.38. The first kappa shape index (κ1) is 14.5. The van der Waals surface area contributed by atoms with Gasteiger partial charge in [0.1, 0.15) is 11.0 Å². The minimum Gasteiger partial charge on any atom is -0.240 e. The Labute approximate surface area is 126 Å². The normalized spacial score (nSPS) is 11.6. The number of benzene rings is 1. The minimum absolute atomic E-state index is 0.209. The van der Waals surface area contributed by atoms with Gasteiger partial charge in [-0.25, -0.2) is 9.97 Å². The van der Waals surface area contributed by atoms with Gasteiger partial charge in [-0.3, -0.25) is 0 Å². The van der Waals surface area contributed by atoms with E-state index in [0.717, 1.165) is 12.1 Å². The molecule has 2 rings (SSSR count). The monoisotopic (exact) mass is 398 g/mol. The fraction of sp³-hybridized carbons (Fsp3) is 0.167. The lowest BCUT2D eigenvalue weighted by atomic mass is 10.1. The van der Waals surface area contributed by atoms with Crippen LogP contribution in [0.15, 0.2) is 30.5 Å². The Morgan fingerprint density at radius 1 is 1.26 bits per heavy atom. The molecule has 7 heteroatoms. The van der Waals surface area contributed by atoms with Crippen molar-refractivity contribution >= 4 is 34.2 Å². The summed E-state index contributed by atoms with van der Waals surface area (Å²) in [5.41, 5.74) is -0.186. The number of halogens is 5. The van der Waals surface area contributed by atoms with Gasteiger partial charge in [0, 0.05) is 12.6 Å². The van der Waals surface area contributed by atoms with E-state index in [1.54, 1.807) is 12.3 Å². The maximum absolute atomic E-state index is 12.6. The Morgan fingerprint density at radius 3 is 2.63 bits per heavy atom. The second-order valence-electron chi connectivity index (χ2n) is 3.80. The van der Waals surface area contributed by atoms with Crippen molar-refractivity contribution in [1.82, 2.24) is 9.97 Å². The quantitative estimate of drug-likeness (QED) is 0.555. The van der Waals surface area contributed by atoms with Gasteiger partial charge in [0.15, 0.2) is 0 Å². The summed E-state index contributed by atoms with van der Waals surface area (Å²) in [4.78, 5) is 8.07. The van der Waals surface area contributed by atoms with Gasteiger partial charge >= 0.3 is 6.18 Å². The first-order valence-electron chi connectivity index (χ1n) is 5.19. The van der Waals surface area contributed by atoms with Crippen molar-refractivity contribution in [3.05, 3.63) is 56.1 Å². The maximum Gasteiger partial charge on any atom is 0.416 e. The molecule has 0 saturated heterocycles. The zero-order valence-corrected chi connectivity index (χ0v) is 12.3. The molecule has 0 N–H and O–H groups in total. The molecule has 0 atom stereocenters. The second-order valence-corrected chi connectivity index (χ2v) is 5.32. The van der Waals surface area contributed by atoms with Crippen LogP contribution in [-0.4, -0.2) is 9.97 Å². The third-order valence-corrected chi connectivity index (χ3v) is 3.76. The highest BCUT2D eigenvalue weighted by atomic mass is 127. The second kappa shape index (κ2) is 5.62. The molecule has 1 heterocycles. The molecule has 0 amide bonds. The molecule has 0 aliphatic rings. The Morgan fingerprint density at radius 2 is 2.00 bits per heavy atom. The van der Waals surface area contributed by atoms with E-state index in [9.17, 15) is 13.2 Å². The molecule has 19 heavy (non-hydrogen) atoms. The smallest absolute Gasteiger partial charge is 0.240 e. The highest BCUT2D eigenvalue weighted by Gasteiger charge is 2.30.